The van der Waals surface area contributed by atoms with Crippen LogP contribution in [-0.4, -0.2) is 28.6 Å². The van der Waals surface area contributed by atoms with Crippen molar-refractivity contribution < 1.29 is 9.59 Å². The van der Waals surface area contributed by atoms with Crippen molar-refractivity contribution in [3.05, 3.63) is 48.0 Å². The molecule has 3 aromatic rings. The van der Waals surface area contributed by atoms with Gasteiger partial charge in [-0.3, -0.25) is 9.59 Å². The predicted molar refractivity (Wildman–Crippen MR) is 107 cm³/mol. The van der Waals surface area contributed by atoms with Gasteiger partial charge in [-0.15, -0.1) is 0 Å². The molecule has 1 aliphatic rings. The minimum atomic E-state index is -1.24. The Kier molecular flexibility index (Phi) is 4.00. The van der Waals surface area contributed by atoms with Gasteiger partial charge in [-0.05, 0) is 43.7 Å². The Balaban J connectivity index is 1.65. The van der Waals surface area contributed by atoms with E-state index in [1.807, 2.05) is 49.4 Å². The van der Waals surface area contributed by atoms with Crippen molar-refractivity contribution >= 4 is 55.9 Å². The van der Waals surface area contributed by atoms with Crippen molar-refractivity contribution in [2.75, 3.05) is 17.3 Å². The summed E-state index contributed by atoms with van der Waals surface area (Å²) in [6.07, 6.45) is 0. The molecule has 132 valence electrons. The number of nitrogens with zero attached hydrogens (tertiary/aromatic N) is 2. The fourth-order valence-electron chi connectivity index (χ4n) is 2.96. The normalized spacial score (nSPS) is 19.5. The van der Waals surface area contributed by atoms with Gasteiger partial charge in [-0.2, -0.15) is 0 Å². The molecule has 0 spiro atoms. The number of carbonyl (C=O) groups is 2. The molecule has 1 N–H and O–H groups in total. The summed E-state index contributed by atoms with van der Waals surface area (Å²) in [6.45, 7) is 3.68. The highest BCUT2D eigenvalue weighted by Gasteiger charge is 2.48. The van der Waals surface area contributed by atoms with Crippen molar-refractivity contribution in [1.29, 1.82) is 0 Å². The van der Waals surface area contributed by atoms with Crippen molar-refractivity contribution in [2.24, 2.45) is 0 Å². The maximum absolute atomic E-state index is 13.0. The van der Waals surface area contributed by atoms with Crippen molar-refractivity contribution in [2.45, 2.75) is 23.5 Å². The number of aromatic nitrogens is 1. The molecular weight excluding hydrogens is 366 g/mol. The number of para-hydroxylation sites is 1. The molecule has 1 aromatic heterocycles. The number of anilines is 2. The smallest absolute Gasteiger partial charge is 0.252 e. The lowest BCUT2D eigenvalue weighted by Gasteiger charge is -2.36. The number of thioether (sulfide) groups is 1. The first-order valence-corrected chi connectivity index (χ1v) is 9.76. The second-order valence-electron chi connectivity index (χ2n) is 6.41. The Morgan fingerprint density at radius 1 is 1.23 bits per heavy atom. The first kappa shape index (κ1) is 17.1. The van der Waals surface area contributed by atoms with E-state index in [9.17, 15) is 9.59 Å². The molecule has 2 heterocycles. The summed E-state index contributed by atoms with van der Waals surface area (Å²) in [5, 5.41) is 3.35. The van der Waals surface area contributed by atoms with Gasteiger partial charge in [0.25, 0.3) is 11.8 Å². The van der Waals surface area contributed by atoms with Gasteiger partial charge in [-0.25, -0.2) is 4.98 Å². The predicted octanol–water partition coefficient (Wildman–Crippen LogP) is 4.07. The van der Waals surface area contributed by atoms with Crippen LogP contribution in [-0.2, 0) is 9.59 Å². The summed E-state index contributed by atoms with van der Waals surface area (Å²) in [7, 11) is 1.70. The van der Waals surface area contributed by atoms with Gasteiger partial charge in [0.1, 0.15) is 0 Å². The van der Waals surface area contributed by atoms with Crippen LogP contribution < -0.4 is 10.2 Å². The Morgan fingerprint density at radius 2 is 2.00 bits per heavy atom. The van der Waals surface area contributed by atoms with Crippen LogP contribution >= 0.6 is 23.1 Å². The van der Waals surface area contributed by atoms with E-state index in [4.69, 9.17) is 0 Å². The summed E-state index contributed by atoms with van der Waals surface area (Å²) in [5.74, 6) is -0.597. The Morgan fingerprint density at radius 3 is 2.81 bits per heavy atom. The molecule has 7 heteroatoms. The van der Waals surface area contributed by atoms with E-state index in [1.165, 1.54) is 23.1 Å². The van der Waals surface area contributed by atoms with Crippen LogP contribution in [0.15, 0.2) is 47.4 Å². The molecule has 4 rings (SSSR count). The van der Waals surface area contributed by atoms with Crippen LogP contribution in [0.2, 0.25) is 0 Å². The Bertz CT molecular complexity index is 1050. The summed E-state index contributed by atoms with van der Waals surface area (Å²) in [5.41, 5.74) is 2.80. The quantitative estimate of drug-likeness (QED) is 0.678. The van der Waals surface area contributed by atoms with Crippen molar-refractivity contribution in [3.8, 4) is 0 Å². The van der Waals surface area contributed by atoms with Crippen molar-refractivity contribution in [1.82, 2.24) is 4.98 Å². The summed E-state index contributed by atoms with van der Waals surface area (Å²) in [4.78, 5) is 32.8. The van der Waals surface area contributed by atoms with Crippen LogP contribution in [0.5, 0.6) is 0 Å². The molecule has 1 aliphatic heterocycles. The number of nitrogens with one attached hydrogen (secondary N) is 1. The molecule has 1 unspecified atom stereocenters. The SMILES string of the molecule is Cc1ccc2nc(NC(=O)C3(C)Sc4ccccc4N(C)C3=O)sc2c1. The fraction of sp³-hybridized carbons (Fsp3) is 0.211. The first-order chi connectivity index (χ1) is 12.4. The minimum Gasteiger partial charge on any atom is -0.313 e. The van der Waals surface area contributed by atoms with Gasteiger partial charge < -0.3 is 10.2 Å². The summed E-state index contributed by atoms with van der Waals surface area (Å²) in [6, 6.07) is 13.6. The molecule has 5 nitrogen and oxygen atoms in total. The van der Waals surface area contributed by atoms with Crippen LogP contribution in [0, 0.1) is 6.92 Å². The zero-order chi connectivity index (χ0) is 18.5. The van der Waals surface area contributed by atoms with Gasteiger partial charge in [0.05, 0.1) is 15.9 Å². The summed E-state index contributed by atoms with van der Waals surface area (Å²) < 4.78 is -0.229. The molecule has 2 aromatic carbocycles. The van der Waals surface area contributed by atoms with Gasteiger partial charge in [0, 0.05) is 11.9 Å². The van der Waals surface area contributed by atoms with Crippen LogP contribution in [0.1, 0.15) is 12.5 Å². The number of rotatable bonds is 2. The van der Waals surface area contributed by atoms with E-state index >= 15 is 0 Å². The monoisotopic (exact) mass is 383 g/mol. The van der Waals surface area contributed by atoms with E-state index in [1.54, 1.807) is 18.9 Å². The third-order valence-electron chi connectivity index (χ3n) is 4.45. The third-order valence-corrected chi connectivity index (χ3v) is 6.72. The lowest BCUT2D eigenvalue weighted by atomic mass is 10.1. The molecular formula is C19H17N3O2S2. The molecule has 0 saturated heterocycles. The molecule has 0 aliphatic carbocycles. The Labute approximate surface area is 159 Å². The highest BCUT2D eigenvalue weighted by Crippen LogP contribution is 2.45. The van der Waals surface area contributed by atoms with Crippen LogP contribution in [0.25, 0.3) is 10.2 Å². The number of fused-ring (bicyclic) bond motifs is 2. The lowest BCUT2D eigenvalue weighted by molar-refractivity contribution is -0.128. The standard InChI is InChI=1S/C19H17N3O2S2/c1-11-8-9-12-15(10-11)25-18(20-12)21-16(23)19(2)17(24)22(3)13-6-4-5-7-14(13)26-19/h4-10H,1-3H3,(H,20,21,23). The van der Waals surface area contributed by atoms with Crippen LogP contribution in [0.4, 0.5) is 10.8 Å². The molecule has 0 fully saturated rings. The average Bonchev–Trinajstić information content (AvgIpc) is 3.01. The van der Waals surface area contributed by atoms with E-state index in [0.717, 1.165) is 26.4 Å². The zero-order valence-electron chi connectivity index (χ0n) is 14.6. The molecule has 2 amide bonds. The summed E-state index contributed by atoms with van der Waals surface area (Å²) >= 11 is 2.69. The van der Waals surface area contributed by atoms with Gasteiger partial charge in [0.15, 0.2) is 9.88 Å². The van der Waals surface area contributed by atoms with Gasteiger partial charge in [-0.1, -0.05) is 41.3 Å². The van der Waals surface area contributed by atoms with E-state index in [0.29, 0.717) is 5.13 Å². The zero-order valence-corrected chi connectivity index (χ0v) is 16.2. The molecule has 26 heavy (non-hydrogen) atoms. The lowest BCUT2D eigenvalue weighted by Crippen LogP contribution is -2.53. The number of hydrogen-bond acceptors (Lipinski definition) is 5. The van der Waals surface area contributed by atoms with E-state index in [2.05, 4.69) is 10.3 Å². The number of carbonyl (C=O) groups excluding carboxylic acids is 2. The number of hydrogen-bond donors (Lipinski definition) is 1. The molecule has 1 atom stereocenters. The molecule has 0 bridgehead atoms. The topological polar surface area (TPSA) is 62.3 Å². The maximum atomic E-state index is 13.0. The van der Waals surface area contributed by atoms with Crippen molar-refractivity contribution in [3.63, 3.8) is 0 Å². The molecule has 0 saturated carbocycles. The fourth-order valence-corrected chi connectivity index (χ4v) is 5.18. The third kappa shape index (κ3) is 2.68. The first-order valence-electron chi connectivity index (χ1n) is 8.13. The number of benzene rings is 2. The minimum absolute atomic E-state index is 0.240. The van der Waals surface area contributed by atoms with Gasteiger partial charge in [0.2, 0.25) is 0 Å². The largest absolute Gasteiger partial charge is 0.313 e. The van der Waals surface area contributed by atoms with E-state index in [-0.39, 0.29) is 11.8 Å². The second-order valence-corrected chi connectivity index (χ2v) is 8.90. The maximum Gasteiger partial charge on any atom is 0.252 e. The highest BCUT2D eigenvalue weighted by atomic mass is 32.2. The second kappa shape index (κ2) is 6.10. The number of amides is 2. The number of thiazole rings is 1. The average molecular weight is 383 g/mol. The number of aryl methyl sites for hydroxylation is 1. The van der Waals surface area contributed by atoms with E-state index < -0.39 is 4.75 Å². The Hall–Kier alpha value is -2.38. The van der Waals surface area contributed by atoms with Crippen LogP contribution in [0.3, 0.4) is 0 Å². The molecule has 0 radical (unpaired) electrons. The van der Waals surface area contributed by atoms with Gasteiger partial charge >= 0.3 is 0 Å². The highest BCUT2D eigenvalue weighted by molar-refractivity contribution is 8.02.